The smallest absolute Gasteiger partial charge is 0.404 e. The molecule has 3 aliphatic heterocycles. The molecule has 11 nitrogen and oxygen atoms in total. The Bertz CT molecular complexity index is 1250. The second kappa shape index (κ2) is 8.88. The highest BCUT2D eigenvalue weighted by Crippen LogP contribution is 2.36. The molecule has 1 saturated heterocycles. The van der Waals surface area contributed by atoms with E-state index in [4.69, 9.17) is 31.6 Å². The first-order chi connectivity index (χ1) is 16.7. The highest BCUT2D eigenvalue weighted by Gasteiger charge is 2.36. The lowest BCUT2D eigenvalue weighted by atomic mass is 10.1. The first-order valence-corrected chi connectivity index (χ1v) is 12.7. The summed E-state index contributed by atoms with van der Waals surface area (Å²) in [7, 11) is -1.19. The molecule has 184 valence electrons. The van der Waals surface area contributed by atoms with Crippen LogP contribution < -0.4 is 25.6 Å². The van der Waals surface area contributed by atoms with E-state index in [0.717, 1.165) is 18.1 Å². The fraction of sp³-hybridized carbons (Fsp3) is 0.478. The zero-order valence-corrected chi connectivity index (χ0v) is 20.4. The number of pyridine rings is 1. The minimum Gasteiger partial charge on any atom is -0.487 e. The number of hydrogen-bond donors (Lipinski definition) is 2. The van der Waals surface area contributed by atoms with Gasteiger partial charge in [-0.2, -0.15) is 4.98 Å². The van der Waals surface area contributed by atoms with E-state index in [0.29, 0.717) is 59.8 Å². The van der Waals surface area contributed by atoms with Gasteiger partial charge in [-0.05, 0) is 13.8 Å². The van der Waals surface area contributed by atoms with E-state index in [2.05, 4.69) is 26.0 Å². The van der Waals surface area contributed by atoms with Gasteiger partial charge in [0.15, 0.2) is 11.6 Å². The van der Waals surface area contributed by atoms with E-state index in [1.165, 1.54) is 0 Å². The first kappa shape index (κ1) is 23.2. The van der Waals surface area contributed by atoms with Crippen molar-refractivity contribution in [3.8, 4) is 18.1 Å². The number of nitrogens with two attached hydrogens (primary N) is 1. The van der Waals surface area contributed by atoms with Crippen molar-refractivity contribution in [2.24, 2.45) is 5.73 Å². The number of anilines is 3. The summed E-state index contributed by atoms with van der Waals surface area (Å²) in [5.74, 6) is 5.66. The number of carbonyl (C=O) groups excluding carboxylic acids is 1. The van der Waals surface area contributed by atoms with Crippen LogP contribution in [-0.2, 0) is 22.0 Å². The molecule has 0 aromatic carbocycles. The minimum absolute atomic E-state index is 0.0367. The number of aryl methyl sites for hydroxylation is 1. The fourth-order valence-corrected chi connectivity index (χ4v) is 5.81. The Balaban J connectivity index is 1.39. The molecule has 0 saturated carbocycles. The van der Waals surface area contributed by atoms with Crippen LogP contribution in [0.2, 0.25) is 0 Å². The Labute approximate surface area is 205 Å². The summed E-state index contributed by atoms with van der Waals surface area (Å²) in [6.07, 6.45) is 6.94. The van der Waals surface area contributed by atoms with Crippen LogP contribution in [0.4, 0.5) is 22.4 Å². The Morgan fingerprint density at radius 3 is 3.03 bits per heavy atom. The molecule has 2 atom stereocenters. The molecule has 1 amide bonds. The maximum absolute atomic E-state index is 12.7. The van der Waals surface area contributed by atoms with E-state index in [-0.39, 0.29) is 12.6 Å². The molecular formula is C23H27N7O4S. The van der Waals surface area contributed by atoms with Crippen LogP contribution >= 0.6 is 0 Å². The Morgan fingerprint density at radius 2 is 2.26 bits per heavy atom. The van der Waals surface area contributed by atoms with E-state index >= 15 is 0 Å². The normalized spacial score (nSPS) is 20.7. The lowest BCUT2D eigenvalue weighted by Gasteiger charge is -2.44. The van der Waals surface area contributed by atoms with E-state index < -0.39 is 22.4 Å². The maximum Gasteiger partial charge on any atom is 0.404 e. The Morgan fingerprint density at radius 1 is 1.43 bits per heavy atom. The molecule has 5 rings (SSSR count). The highest BCUT2D eigenvalue weighted by molar-refractivity contribution is 7.85. The van der Waals surface area contributed by atoms with Crippen LogP contribution in [0.25, 0.3) is 0 Å². The summed E-state index contributed by atoms with van der Waals surface area (Å²) >= 11 is 0. The molecule has 0 radical (unpaired) electrons. The standard InChI is InChI=1S/C23H27N7O4S/c1-4-14-9-17-20(25-10-14)30-7-6-29(11-15(30)12-33-17)22-26-16-5-8-35(32)18(16)19(27-22)28-23(2,3)13-34-21(24)31/h1,9-10,15H,5-8,11-13H2,2-3H3,(H2,24,31)(H,26,27,28). The fourth-order valence-electron chi connectivity index (χ4n) is 4.50. The number of carbonyl (C=O) groups is 1. The van der Waals surface area contributed by atoms with Crippen molar-refractivity contribution in [3.63, 3.8) is 0 Å². The number of hydrogen-bond acceptors (Lipinski definition) is 10. The molecule has 12 heteroatoms. The maximum atomic E-state index is 12.7. The average molecular weight is 498 g/mol. The van der Waals surface area contributed by atoms with Crippen LogP contribution in [0.5, 0.6) is 5.75 Å². The van der Waals surface area contributed by atoms with Gasteiger partial charge in [0.2, 0.25) is 5.95 Å². The molecule has 1 fully saturated rings. The van der Waals surface area contributed by atoms with Gasteiger partial charge in [0, 0.05) is 49.6 Å². The van der Waals surface area contributed by atoms with Crippen molar-refractivity contribution in [3.05, 3.63) is 23.5 Å². The number of amides is 1. The summed E-state index contributed by atoms with van der Waals surface area (Å²) in [6.45, 7) is 6.30. The van der Waals surface area contributed by atoms with Gasteiger partial charge in [0.05, 0.1) is 28.1 Å². The van der Waals surface area contributed by atoms with Gasteiger partial charge < -0.3 is 30.3 Å². The topological polar surface area (TPSA) is 136 Å². The number of rotatable bonds is 5. The van der Waals surface area contributed by atoms with Crippen molar-refractivity contribution in [2.45, 2.75) is 36.7 Å². The van der Waals surface area contributed by atoms with Crippen LogP contribution in [0, 0.1) is 12.3 Å². The lowest BCUT2D eigenvalue weighted by Crippen LogP contribution is -2.58. The van der Waals surface area contributed by atoms with Crippen LogP contribution in [0.15, 0.2) is 17.2 Å². The van der Waals surface area contributed by atoms with Gasteiger partial charge in [-0.1, -0.05) is 5.92 Å². The Hall–Kier alpha value is -3.59. The predicted octanol–water partition coefficient (Wildman–Crippen LogP) is 0.890. The highest BCUT2D eigenvalue weighted by atomic mass is 32.2. The van der Waals surface area contributed by atoms with Crippen molar-refractivity contribution >= 4 is 34.5 Å². The number of terminal acetylenes is 1. The third-order valence-corrected chi connectivity index (χ3v) is 7.64. The number of fused-ring (bicyclic) bond motifs is 4. The van der Waals surface area contributed by atoms with Gasteiger partial charge in [-0.3, -0.25) is 4.21 Å². The second-order valence-electron chi connectivity index (χ2n) is 9.36. The van der Waals surface area contributed by atoms with Crippen LogP contribution in [-0.4, -0.2) is 75.4 Å². The quantitative estimate of drug-likeness (QED) is 0.573. The molecule has 5 heterocycles. The lowest BCUT2D eigenvalue weighted by molar-refractivity contribution is 0.138. The molecule has 3 aliphatic rings. The SMILES string of the molecule is C#Cc1cnc2c(c1)OCC1CN(c3nc4c(c(NC(C)(C)COC(N)=O)n3)S(=O)CC4)CCN21. The van der Waals surface area contributed by atoms with Crippen molar-refractivity contribution in [1.29, 1.82) is 0 Å². The van der Waals surface area contributed by atoms with Gasteiger partial charge in [-0.25, -0.2) is 14.8 Å². The third kappa shape index (κ3) is 4.55. The number of nitrogens with one attached hydrogen (secondary N) is 1. The second-order valence-corrected chi connectivity index (χ2v) is 10.9. The van der Waals surface area contributed by atoms with E-state index in [1.54, 1.807) is 6.20 Å². The number of ether oxygens (including phenoxy) is 2. The molecule has 0 spiro atoms. The summed E-state index contributed by atoms with van der Waals surface area (Å²) < 4.78 is 23.7. The summed E-state index contributed by atoms with van der Waals surface area (Å²) in [5, 5.41) is 3.30. The number of nitrogens with zero attached hydrogens (tertiary/aromatic N) is 5. The number of piperazine rings is 1. The molecule has 0 bridgehead atoms. The van der Waals surface area contributed by atoms with Crippen molar-refractivity contribution in [2.75, 3.05) is 53.7 Å². The van der Waals surface area contributed by atoms with Crippen LogP contribution in [0.3, 0.4) is 0 Å². The summed E-state index contributed by atoms with van der Waals surface area (Å²) in [4.78, 5) is 30.1. The average Bonchev–Trinajstić information content (AvgIpc) is 3.22. The molecule has 35 heavy (non-hydrogen) atoms. The summed E-state index contributed by atoms with van der Waals surface area (Å²) in [5.41, 5.74) is 5.92. The van der Waals surface area contributed by atoms with E-state index in [1.807, 2.05) is 19.9 Å². The van der Waals surface area contributed by atoms with E-state index in [9.17, 15) is 9.00 Å². The zero-order valence-electron chi connectivity index (χ0n) is 19.6. The molecule has 0 aliphatic carbocycles. The predicted molar refractivity (Wildman–Crippen MR) is 131 cm³/mol. The molecule has 2 unspecified atom stereocenters. The van der Waals surface area contributed by atoms with Crippen molar-refractivity contribution in [1.82, 2.24) is 15.0 Å². The molecule has 2 aromatic rings. The number of primary amides is 1. The molecule has 3 N–H and O–H groups in total. The first-order valence-electron chi connectivity index (χ1n) is 11.3. The van der Waals surface area contributed by atoms with Crippen molar-refractivity contribution < 1.29 is 18.5 Å². The number of aromatic nitrogens is 3. The van der Waals surface area contributed by atoms with Gasteiger partial charge in [-0.15, -0.1) is 6.42 Å². The zero-order chi connectivity index (χ0) is 24.7. The molecular weight excluding hydrogens is 470 g/mol. The van der Waals surface area contributed by atoms with Crippen LogP contribution in [0.1, 0.15) is 25.1 Å². The summed E-state index contributed by atoms with van der Waals surface area (Å²) in [6, 6.07) is 1.92. The van der Waals surface area contributed by atoms with Gasteiger partial charge in [0.1, 0.15) is 23.9 Å². The van der Waals surface area contributed by atoms with Gasteiger partial charge in [0.25, 0.3) is 0 Å². The minimum atomic E-state index is -1.19. The Kier molecular flexibility index (Phi) is 5.88. The third-order valence-electron chi connectivity index (χ3n) is 6.18. The monoisotopic (exact) mass is 497 g/mol. The largest absolute Gasteiger partial charge is 0.487 e. The van der Waals surface area contributed by atoms with Gasteiger partial charge >= 0.3 is 6.09 Å². The molecule has 2 aromatic heterocycles.